The van der Waals surface area contributed by atoms with Gasteiger partial charge in [-0.15, -0.1) is 0 Å². The van der Waals surface area contributed by atoms with Gasteiger partial charge in [0.15, 0.2) is 5.11 Å². The monoisotopic (exact) mass is 593 g/mol. The van der Waals surface area contributed by atoms with Crippen LogP contribution in [0.15, 0.2) is 42.5 Å². The van der Waals surface area contributed by atoms with E-state index in [1.165, 1.54) is 6.07 Å². The van der Waals surface area contributed by atoms with Gasteiger partial charge in [-0.1, -0.05) is 0 Å². The number of nitrogens with zero attached hydrogens (tertiary/aromatic N) is 3. The second-order valence-corrected chi connectivity index (χ2v) is 9.99. The van der Waals surface area contributed by atoms with Crippen molar-refractivity contribution in [3.05, 3.63) is 53.6 Å². The molecule has 41 heavy (non-hydrogen) atoms. The summed E-state index contributed by atoms with van der Waals surface area (Å²) in [7, 11) is 0. The fraction of sp³-hybridized carbons (Fsp3) is 0.483. The number of carbonyl (C=O) groups excluding carboxylic acids is 1. The highest BCUT2D eigenvalue weighted by atomic mass is 32.1. The van der Waals surface area contributed by atoms with Crippen molar-refractivity contribution in [2.45, 2.75) is 45.3 Å². The lowest BCUT2D eigenvalue weighted by Crippen LogP contribution is -2.44. The first kappa shape index (κ1) is 32.3. The third-order valence-corrected chi connectivity index (χ3v) is 6.72. The molecule has 0 radical (unpaired) electrons. The molecule has 0 atom stereocenters. The average Bonchev–Trinajstić information content (AvgIpc) is 3.11. The highest BCUT2D eigenvalue weighted by Gasteiger charge is 2.50. The number of nitriles is 1. The standard InChI is InChI=1S/C29H34F3N3O5S/c1-4-37-13-5-6-14-38-15-16-39-17-18-40-24-11-9-22(10-12-24)35-27(41)34(26(36)28(35,2)3)23-8-7-21(20-33)25(19-23)29(30,31)32/h7-12,19H,4-6,13-18H2,1-3H3. The fourth-order valence-electron chi connectivity index (χ4n) is 4.24. The highest BCUT2D eigenvalue weighted by molar-refractivity contribution is 7.81. The maximum absolute atomic E-state index is 13.5. The summed E-state index contributed by atoms with van der Waals surface area (Å²) >= 11 is 5.56. The first-order chi connectivity index (χ1) is 19.5. The second kappa shape index (κ2) is 14.6. The van der Waals surface area contributed by atoms with Gasteiger partial charge in [-0.05, 0) is 88.3 Å². The Morgan fingerprint density at radius 1 is 0.902 bits per heavy atom. The van der Waals surface area contributed by atoms with E-state index in [0.29, 0.717) is 44.5 Å². The van der Waals surface area contributed by atoms with Crippen LogP contribution in [0.1, 0.15) is 44.7 Å². The van der Waals surface area contributed by atoms with Crippen LogP contribution in [0.3, 0.4) is 0 Å². The van der Waals surface area contributed by atoms with Gasteiger partial charge in [0.1, 0.15) is 17.9 Å². The number of halogens is 3. The lowest BCUT2D eigenvalue weighted by atomic mass is 10.0. The number of hydrogen-bond acceptors (Lipinski definition) is 7. The van der Waals surface area contributed by atoms with Gasteiger partial charge in [0.25, 0.3) is 5.91 Å². The van der Waals surface area contributed by atoms with E-state index < -0.39 is 28.7 Å². The molecule has 1 fully saturated rings. The molecule has 0 bridgehead atoms. The van der Waals surface area contributed by atoms with E-state index in [1.54, 1.807) is 49.1 Å². The zero-order chi connectivity index (χ0) is 30.0. The predicted octanol–water partition coefficient (Wildman–Crippen LogP) is 5.72. The minimum Gasteiger partial charge on any atom is -0.491 e. The van der Waals surface area contributed by atoms with Gasteiger partial charge in [-0.2, -0.15) is 18.4 Å². The molecule has 0 unspecified atom stereocenters. The Morgan fingerprint density at radius 2 is 1.49 bits per heavy atom. The molecule has 3 rings (SSSR count). The number of rotatable bonds is 15. The Balaban J connectivity index is 1.55. The zero-order valence-corrected chi connectivity index (χ0v) is 24.1. The quantitative estimate of drug-likeness (QED) is 0.192. The average molecular weight is 594 g/mol. The van der Waals surface area contributed by atoms with Crippen molar-refractivity contribution < 1.29 is 36.9 Å². The number of unbranched alkanes of at least 4 members (excludes halogenated alkanes) is 1. The van der Waals surface area contributed by atoms with Gasteiger partial charge < -0.3 is 23.8 Å². The number of amides is 1. The largest absolute Gasteiger partial charge is 0.491 e. The summed E-state index contributed by atoms with van der Waals surface area (Å²) in [6, 6.07) is 11.5. The molecule has 12 heteroatoms. The SMILES string of the molecule is CCOCCCCOCCOCCOc1ccc(N2C(=S)N(c3ccc(C#N)c(C(F)(F)F)c3)C(=O)C2(C)C)cc1. The van der Waals surface area contributed by atoms with Crippen molar-refractivity contribution >= 4 is 34.6 Å². The van der Waals surface area contributed by atoms with E-state index in [1.807, 2.05) is 6.92 Å². The van der Waals surface area contributed by atoms with Gasteiger partial charge >= 0.3 is 6.18 Å². The molecule has 1 heterocycles. The number of ether oxygens (including phenoxy) is 4. The van der Waals surface area contributed by atoms with Crippen molar-refractivity contribution in [2.24, 2.45) is 0 Å². The van der Waals surface area contributed by atoms with Gasteiger partial charge in [-0.25, -0.2) is 0 Å². The molecule has 2 aromatic carbocycles. The van der Waals surface area contributed by atoms with Crippen LogP contribution in [0, 0.1) is 11.3 Å². The number of thiocarbonyl (C=S) groups is 1. The first-order valence-electron chi connectivity index (χ1n) is 13.3. The molecular formula is C29H34F3N3O5S. The van der Waals surface area contributed by atoms with E-state index in [9.17, 15) is 18.0 Å². The summed E-state index contributed by atoms with van der Waals surface area (Å²) in [5.41, 5.74) is -2.33. The molecule has 8 nitrogen and oxygen atoms in total. The third-order valence-electron chi connectivity index (χ3n) is 6.35. The Hall–Kier alpha value is -3.24. The fourth-order valence-corrected chi connectivity index (χ4v) is 4.77. The minimum absolute atomic E-state index is 0.0245. The Labute approximate surface area is 243 Å². The van der Waals surface area contributed by atoms with Crippen molar-refractivity contribution in [1.82, 2.24) is 0 Å². The summed E-state index contributed by atoms with van der Waals surface area (Å²) in [6.07, 6.45) is -2.85. The number of hydrogen-bond donors (Lipinski definition) is 0. The van der Waals surface area contributed by atoms with E-state index in [4.69, 9.17) is 36.4 Å². The molecule has 0 N–H and O–H groups in total. The normalized spacial score (nSPS) is 15.0. The number of benzene rings is 2. The number of carbonyl (C=O) groups is 1. The molecule has 0 aromatic heterocycles. The number of alkyl halides is 3. The predicted molar refractivity (Wildman–Crippen MR) is 152 cm³/mol. The molecule has 1 aliphatic heterocycles. The molecule has 1 aliphatic rings. The van der Waals surface area contributed by atoms with Crippen molar-refractivity contribution in [2.75, 3.05) is 56.0 Å². The summed E-state index contributed by atoms with van der Waals surface area (Å²) in [4.78, 5) is 16.0. The summed E-state index contributed by atoms with van der Waals surface area (Å²) in [5, 5.41) is 9.12. The maximum atomic E-state index is 13.5. The van der Waals surface area contributed by atoms with Gasteiger partial charge in [-0.3, -0.25) is 9.69 Å². The van der Waals surface area contributed by atoms with Crippen LogP contribution in [0.4, 0.5) is 24.5 Å². The van der Waals surface area contributed by atoms with E-state index >= 15 is 0 Å². The van der Waals surface area contributed by atoms with Gasteiger partial charge in [0.05, 0.1) is 42.7 Å². The van der Waals surface area contributed by atoms with Crippen LogP contribution >= 0.6 is 12.2 Å². The first-order valence-corrected chi connectivity index (χ1v) is 13.7. The minimum atomic E-state index is -4.76. The van der Waals surface area contributed by atoms with Crippen LogP contribution in [-0.2, 0) is 25.2 Å². The Morgan fingerprint density at radius 3 is 2.10 bits per heavy atom. The van der Waals surface area contributed by atoms with Gasteiger partial charge in [0.2, 0.25) is 0 Å². The zero-order valence-electron chi connectivity index (χ0n) is 23.3. The molecule has 1 saturated heterocycles. The molecular weight excluding hydrogens is 559 g/mol. The Bertz CT molecular complexity index is 1230. The molecule has 1 amide bonds. The highest BCUT2D eigenvalue weighted by Crippen LogP contribution is 2.39. The second-order valence-electron chi connectivity index (χ2n) is 9.63. The van der Waals surface area contributed by atoms with Crippen molar-refractivity contribution in [3.8, 4) is 11.8 Å². The van der Waals surface area contributed by atoms with Crippen molar-refractivity contribution in [3.63, 3.8) is 0 Å². The van der Waals surface area contributed by atoms with E-state index in [2.05, 4.69) is 0 Å². The third kappa shape index (κ3) is 8.16. The summed E-state index contributed by atoms with van der Waals surface area (Å²) < 4.78 is 62.7. The smallest absolute Gasteiger partial charge is 0.417 e. The maximum Gasteiger partial charge on any atom is 0.417 e. The topological polar surface area (TPSA) is 84.3 Å². The summed E-state index contributed by atoms with van der Waals surface area (Å²) in [5.74, 6) is 0.0863. The lowest BCUT2D eigenvalue weighted by Gasteiger charge is -2.29. The number of anilines is 2. The molecule has 0 saturated carbocycles. The Kier molecular flexibility index (Phi) is 11.5. The van der Waals surface area contributed by atoms with Gasteiger partial charge in [0, 0.05) is 25.5 Å². The molecule has 0 spiro atoms. The van der Waals surface area contributed by atoms with Crippen LogP contribution in [0.25, 0.3) is 0 Å². The van der Waals surface area contributed by atoms with Crippen LogP contribution in [0.5, 0.6) is 5.75 Å². The lowest BCUT2D eigenvalue weighted by molar-refractivity contribution is -0.137. The van der Waals surface area contributed by atoms with E-state index in [0.717, 1.165) is 43.1 Å². The van der Waals surface area contributed by atoms with E-state index in [-0.39, 0.29) is 10.8 Å². The summed E-state index contributed by atoms with van der Waals surface area (Å²) in [6.45, 7) is 9.07. The van der Waals surface area contributed by atoms with Crippen molar-refractivity contribution in [1.29, 1.82) is 5.26 Å². The van der Waals surface area contributed by atoms with Crippen LogP contribution < -0.4 is 14.5 Å². The van der Waals surface area contributed by atoms with Crippen LogP contribution in [-0.4, -0.2) is 62.8 Å². The molecule has 0 aliphatic carbocycles. The molecule has 2 aromatic rings. The van der Waals surface area contributed by atoms with Crippen LogP contribution in [0.2, 0.25) is 0 Å². The molecule has 222 valence electrons.